The van der Waals surface area contributed by atoms with E-state index in [4.69, 9.17) is 10.3 Å². The van der Waals surface area contributed by atoms with Crippen LogP contribution in [0.25, 0.3) is 11.5 Å². The van der Waals surface area contributed by atoms with Crippen molar-refractivity contribution in [1.82, 2.24) is 20.1 Å². The Morgan fingerprint density at radius 3 is 2.68 bits per heavy atom. The van der Waals surface area contributed by atoms with Crippen LogP contribution in [0, 0.1) is 12.7 Å². The Morgan fingerprint density at radius 2 is 1.95 bits per heavy atom. The van der Waals surface area contributed by atoms with Gasteiger partial charge >= 0.3 is 0 Å². The normalized spacial score (nSPS) is 10.8. The van der Waals surface area contributed by atoms with Gasteiger partial charge in [-0.15, -0.1) is 0 Å². The quantitative estimate of drug-likeness (QED) is 0.584. The molecule has 0 aliphatic rings. The lowest BCUT2D eigenvalue weighted by atomic mass is 10.2. The number of hydrogen-bond acceptors (Lipinski definition) is 7. The van der Waals surface area contributed by atoms with Gasteiger partial charge in [0.2, 0.25) is 0 Å². The van der Waals surface area contributed by atoms with Gasteiger partial charge in [0.25, 0.3) is 5.89 Å². The van der Waals surface area contributed by atoms with Crippen LogP contribution in [-0.2, 0) is 5.75 Å². The topological polar surface area (TPSA) is 90.7 Å². The lowest BCUT2D eigenvalue weighted by Gasteiger charge is -2.00. The van der Waals surface area contributed by atoms with Crippen LogP contribution >= 0.6 is 11.8 Å². The number of aromatic nitrogens is 4. The molecule has 0 saturated heterocycles. The van der Waals surface area contributed by atoms with Crippen LogP contribution in [-0.4, -0.2) is 20.1 Å². The number of benzene rings is 1. The van der Waals surface area contributed by atoms with Crippen molar-refractivity contribution in [2.45, 2.75) is 17.8 Å². The fraction of sp³-hybridized carbons (Fsp3) is 0.143. The van der Waals surface area contributed by atoms with Crippen LogP contribution in [0.15, 0.2) is 40.0 Å². The highest BCUT2D eigenvalue weighted by Gasteiger charge is 2.10. The molecule has 2 aromatic heterocycles. The largest absolute Gasteiger partial charge is 0.384 e. The molecule has 0 saturated carbocycles. The summed E-state index contributed by atoms with van der Waals surface area (Å²) in [5.74, 6) is 1.42. The molecule has 0 fully saturated rings. The van der Waals surface area contributed by atoms with E-state index < -0.39 is 0 Å². The maximum absolute atomic E-state index is 12.9. The Kier molecular flexibility index (Phi) is 4.01. The number of rotatable bonds is 4. The molecule has 0 aliphatic heterocycles. The lowest BCUT2D eigenvalue weighted by molar-refractivity contribution is 0.425. The second kappa shape index (κ2) is 6.10. The molecule has 0 unspecified atom stereocenters. The zero-order valence-corrected chi connectivity index (χ0v) is 12.5. The van der Waals surface area contributed by atoms with Crippen LogP contribution in [0.3, 0.4) is 0 Å². The molecule has 0 bridgehead atoms. The SMILES string of the molecule is Cc1cc(N)nc(SCc2noc(-c3ccc(F)cc3)n2)n1. The van der Waals surface area contributed by atoms with E-state index in [9.17, 15) is 4.39 Å². The van der Waals surface area contributed by atoms with E-state index in [0.29, 0.717) is 34.0 Å². The lowest BCUT2D eigenvalue weighted by Crippen LogP contribution is -1.97. The molecule has 0 radical (unpaired) electrons. The first-order chi connectivity index (χ1) is 10.6. The molecule has 6 nitrogen and oxygen atoms in total. The van der Waals surface area contributed by atoms with E-state index in [1.54, 1.807) is 18.2 Å². The molecule has 2 heterocycles. The molecule has 22 heavy (non-hydrogen) atoms. The third-order valence-corrected chi connectivity index (χ3v) is 3.59. The number of hydrogen-bond donors (Lipinski definition) is 1. The van der Waals surface area contributed by atoms with Crippen molar-refractivity contribution in [2.75, 3.05) is 5.73 Å². The summed E-state index contributed by atoms with van der Waals surface area (Å²) in [5.41, 5.74) is 7.14. The Morgan fingerprint density at radius 1 is 1.18 bits per heavy atom. The second-order valence-corrected chi connectivity index (χ2v) is 5.47. The van der Waals surface area contributed by atoms with Crippen molar-refractivity contribution >= 4 is 17.6 Å². The summed E-state index contributed by atoms with van der Waals surface area (Å²) in [7, 11) is 0. The van der Waals surface area contributed by atoms with Crippen LogP contribution in [0.4, 0.5) is 10.2 Å². The number of nitrogen functional groups attached to an aromatic ring is 1. The summed E-state index contributed by atoms with van der Waals surface area (Å²) in [6.45, 7) is 1.85. The highest BCUT2D eigenvalue weighted by atomic mass is 32.2. The van der Waals surface area contributed by atoms with Crippen molar-refractivity contribution in [1.29, 1.82) is 0 Å². The summed E-state index contributed by atoms with van der Waals surface area (Å²) in [5, 5.41) is 4.45. The minimum Gasteiger partial charge on any atom is -0.384 e. The Balaban J connectivity index is 1.70. The third-order valence-electron chi connectivity index (χ3n) is 2.74. The van der Waals surface area contributed by atoms with Crippen LogP contribution in [0.5, 0.6) is 0 Å². The molecule has 3 rings (SSSR count). The van der Waals surface area contributed by atoms with Gasteiger partial charge in [-0.05, 0) is 31.2 Å². The van der Waals surface area contributed by atoms with Gasteiger partial charge in [-0.2, -0.15) is 4.98 Å². The van der Waals surface area contributed by atoms with E-state index in [1.807, 2.05) is 6.92 Å². The van der Waals surface area contributed by atoms with E-state index in [-0.39, 0.29) is 5.82 Å². The van der Waals surface area contributed by atoms with Crippen molar-refractivity contribution in [3.8, 4) is 11.5 Å². The zero-order chi connectivity index (χ0) is 15.5. The fourth-order valence-electron chi connectivity index (χ4n) is 1.78. The van der Waals surface area contributed by atoms with E-state index in [1.165, 1.54) is 23.9 Å². The summed E-state index contributed by atoms with van der Waals surface area (Å²) < 4.78 is 18.1. The Bertz CT molecular complexity index is 770. The maximum atomic E-state index is 12.9. The molecular weight excluding hydrogens is 305 g/mol. The first kappa shape index (κ1) is 14.5. The van der Waals surface area contributed by atoms with Gasteiger partial charge in [0.05, 0.1) is 5.75 Å². The smallest absolute Gasteiger partial charge is 0.257 e. The number of thioether (sulfide) groups is 1. The first-order valence-electron chi connectivity index (χ1n) is 6.42. The van der Waals surface area contributed by atoms with E-state index in [0.717, 1.165) is 5.69 Å². The molecular formula is C14H12FN5OS. The number of nitrogens with two attached hydrogens (primary N) is 1. The fourth-order valence-corrected chi connectivity index (χ4v) is 2.53. The van der Waals surface area contributed by atoms with Gasteiger partial charge in [0.15, 0.2) is 11.0 Å². The first-order valence-corrected chi connectivity index (χ1v) is 7.41. The molecule has 2 N–H and O–H groups in total. The number of nitrogens with zero attached hydrogens (tertiary/aromatic N) is 4. The number of aryl methyl sites for hydroxylation is 1. The van der Waals surface area contributed by atoms with Crippen molar-refractivity contribution in [2.24, 2.45) is 0 Å². The van der Waals surface area contributed by atoms with Gasteiger partial charge < -0.3 is 10.3 Å². The molecule has 112 valence electrons. The summed E-state index contributed by atoms with van der Waals surface area (Å²) in [6.07, 6.45) is 0. The second-order valence-electron chi connectivity index (χ2n) is 4.53. The third kappa shape index (κ3) is 3.40. The van der Waals surface area contributed by atoms with Gasteiger partial charge in [-0.25, -0.2) is 14.4 Å². The molecule has 0 atom stereocenters. The zero-order valence-electron chi connectivity index (χ0n) is 11.7. The summed E-state index contributed by atoms with van der Waals surface area (Å²) in [6, 6.07) is 7.56. The van der Waals surface area contributed by atoms with E-state index >= 15 is 0 Å². The van der Waals surface area contributed by atoms with Crippen LogP contribution in [0.2, 0.25) is 0 Å². The molecule has 0 spiro atoms. The number of anilines is 1. The molecule has 8 heteroatoms. The Hall–Kier alpha value is -2.48. The Labute approximate surface area is 130 Å². The summed E-state index contributed by atoms with van der Waals surface area (Å²) in [4.78, 5) is 12.7. The standard InChI is InChI=1S/C14H12FN5OS/c1-8-6-11(16)18-14(17-8)22-7-12-19-13(21-20-12)9-2-4-10(15)5-3-9/h2-6H,7H2,1H3,(H2,16,17,18). The van der Waals surface area contributed by atoms with Gasteiger partial charge in [-0.3, -0.25) is 0 Å². The highest BCUT2D eigenvalue weighted by Crippen LogP contribution is 2.22. The van der Waals surface area contributed by atoms with Gasteiger partial charge in [0, 0.05) is 17.3 Å². The van der Waals surface area contributed by atoms with Crippen LogP contribution < -0.4 is 5.73 Å². The van der Waals surface area contributed by atoms with Crippen molar-refractivity contribution in [3.63, 3.8) is 0 Å². The maximum Gasteiger partial charge on any atom is 0.257 e. The molecule has 0 aliphatic carbocycles. The van der Waals surface area contributed by atoms with Crippen LogP contribution in [0.1, 0.15) is 11.5 Å². The monoisotopic (exact) mass is 317 g/mol. The summed E-state index contributed by atoms with van der Waals surface area (Å²) >= 11 is 1.37. The minimum absolute atomic E-state index is 0.312. The van der Waals surface area contributed by atoms with Gasteiger partial charge in [0.1, 0.15) is 11.6 Å². The molecule has 3 aromatic rings. The predicted octanol–water partition coefficient (Wildman–Crippen LogP) is 2.85. The predicted molar refractivity (Wildman–Crippen MR) is 80.4 cm³/mol. The van der Waals surface area contributed by atoms with Crippen molar-refractivity contribution < 1.29 is 8.91 Å². The average Bonchev–Trinajstić information content (AvgIpc) is 2.94. The molecule has 1 aromatic carbocycles. The van der Waals surface area contributed by atoms with Crippen molar-refractivity contribution in [3.05, 3.63) is 47.7 Å². The number of halogens is 1. The molecule has 0 amide bonds. The van der Waals surface area contributed by atoms with Gasteiger partial charge in [-0.1, -0.05) is 16.9 Å². The minimum atomic E-state index is -0.312. The highest BCUT2D eigenvalue weighted by molar-refractivity contribution is 7.98. The van der Waals surface area contributed by atoms with E-state index in [2.05, 4.69) is 20.1 Å². The average molecular weight is 317 g/mol.